The summed E-state index contributed by atoms with van der Waals surface area (Å²) in [6, 6.07) is 0. The van der Waals surface area contributed by atoms with Crippen molar-refractivity contribution in [2.45, 2.75) is 39.2 Å². The molecule has 1 heterocycles. The number of carbonyl (C=O) groups excluding carboxylic acids is 2. The van der Waals surface area contributed by atoms with Crippen LogP contribution in [0, 0.1) is 12.5 Å². The Kier molecular flexibility index (Phi) is 4.71. The van der Waals surface area contributed by atoms with Crippen molar-refractivity contribution in [1.29, 1.82) is 0 Å². The molecule has 5 nitrogen and oxygen atoms in total. The number of carbonyl (C=O) groups is 2. The van der Waals surface area contributed by atoms with E-state index in [0.29, 0.717) is 25.9 Å². The first-order chi connectivity index (χ1) is 8.33. The van der Waals surface area contributed by atoms with Crippen LogP contribution in [0.3, 0.4) is 0 Å². The number of Topliss-reactive ketones (excluding diaryl/α,β-unsaturated/α-hetero) is 1. The van der Waals surface area contributed by atoms with Gasteiger partial charge in [-0.15, -0.1) is 0 Å². The van der Waals surface area contributed by atoms with Crippen molar-refractivity contribution in [1.82, 2.24) is 4.90 Å². The van der Waals surface area contributed by atoms with Crippen molar-refractivity contribution in [3.05, 3.63) is 11.4 Å². The van der Waals surface area contributed by atoms with Gasteiger partial charge in [0.05, 0.1) is 0 Å². The molecule has 0 radical (unpaired) electrons. The minimum atomic E-state index is -0.492. The number of rotatable bonds is 2. The molecule has 18 heavy (non-hydrogen) atoms. The average Bonchev–Trinajstić information content (AvgIpc) is 2.27. The molecule has 1 saturated heterocycles. The number of hydrogen-bond donors (Lipinski definition) is 0. The molecule has 0 aliphatic carbocycles. The Morgan fingerprint density at radius 1 is 1.33 bits per heavy atom. The minimum absolute atomic E-state index is 0.00570. The molecule has 0 N–H and O–H groups in total. The Hall–Kier alpha value is -1.57. The lowest BCUT2D eigenvalue weighted by molar-refractivity contribution is -0.122. The Bertz CT molecular complexity index is 357. The molecule has 0 saturated carbocycles. The highest BCUT2D eigenvalue weighted by Crippen LogP contribution is 2.20. The molecule has 0 spiro atoms. The van der Waals surface area contributed by atoms with E-state index in [1.807, 2.05) is 20.8 Å². The first kappa shape index (κ1) is 14.5. The van der Waals surface area contributed by atoms with Gasteiger partial charge in [0.1, 0.15) is 5.60 Å². The van der Waals surface area contributed by atoms with Gasteiger partial charge >= 0.3 is 6.09 Å². The fourth-order valence-corrected chi connectivity index (χ4v) is 1.92. The number of likely N-dealkylation sites (tertiary alicyclic amines) is 1. The Morgan fingerprint density at radius 3 is 2.33 bits per heavy atom. The summed E-state index contributed by atoms with van der Waals surface area (Å²) in [7, 11) is 0. The van der Waals surface area contributed by atoms with E-state index in [1.54, 1.807) is 4.90 Å². The molecule has 5 heteroatoms. The van der Waals surface area contributed by atoms with Gasteiger partial charge in [-0.3, -0.25) is 4.79 Å². The van der Waals surface area contributed by atoms with E-state index in [1.165, 1.54) is 0 Å². The van der Waals surface area contributed by atoms with E-state index in [4.69, 9.17) is 11.3 Å². The number of amides is 1. The highest BCUT2D eigenvalue weighted by molar-refractivity contribution is 5.84. The number of piperidine rings is 1. The summed E-state index contributed by atoms with van der Waals surface area (Å²) in [5, 5.41) is 0. The number of hydrogen-bond acceptors (Lipinski definition) is 3. The second-order valence-electron chi connectivity index (χ2n) is 5.52. The highest BCUT2D eigenvalue weighted by atomic mass is 16.6. The molecule has 0 aromatic rings. The lowest BCUT2D eigenvalue weighted by Gasteiger charge is -2.32. The standard InChI is InChI=1S/C13H20N2O3/c1-13(2,3)18-12(17)15-7-5-10(6-8-15)11(16)9-14-4/h10H,5-9H2,1-3H3. The zero-order chi connectivity index (χ0) is 13.8. The van der Waals surface area contributed by atoms with Crippen molar-refractivity contribution in [2.24, 2.45) is 5.92 Å². The molecular formula is C13H20N2O3. The van der Waals surface area contributed by atoms with Crippen LogP contribution in [0.1, 0.15) is 33.6 Å². The van der Waals surface area contributed by atoms with Gasteiger partial charge in [-0.25, -0.2) is 11.4 Å². The second-order valence-corrected chi connectivity index (χ2v) is 5.52. The lowest BCUT2D eigenvalue weighted by Crippen LogP contribution is -2.43. The van der Waals surface area contributed by atoms with Crippen LogP contribution in [0.5, 0.6) is 0 Å². The third kappa shape index (κ3) is 4.36. The van der Waals surface area contributed by atoms with Crippen LogP contribution in [-0.2, 0) is 9.53 Å². The van der Waals surface area contributed by atoms with Gasteiger partial charge < -0.3 is 14.5 Å². The monoisotopic (exact) mass is 252 g/mol. The van der Waals surface area contributed by atoms with E-state index in [0.717, 1.165) is 0 Å². The summed E-state index contributed by atoms with van der Waals surface area (Å²) in [6.45, 7) is 13.2. The molecule has 0 unspecified atom stereocenters. The number of ketones is 1. The SMILES string of the molecule is [C-]#[N+]CC(=O)C1CCN(C(=O)OC(C)(C)C)CC1. The number of nitrogens with zero attached hydrogens (tertiary/aromatic N) is 2. The largest absolute Gasteiger partial charge is 0.444 e. The topological polar surface area (TPSA) is 51.0 Å². The van der Waals surface area contributed by atoms with Crippen molar-refractivity contribution in [2.75, 3.05) is 19.6 Å². The van der Waals surface area contributed by atoms with Gasteiger partial charge in [0.15, 0.2) is 0 Å². The zero-order valence-corrected chi connectivity index (χ0v) is 11.2. The van der Waals surface area contributed by atoms with Crippen molar-refractivity contribution < 1.29 is 14.3 Å². The molecule has 0 aromatic heterocycles. The third-order valence-electron chi connectivity index (χ3n) is 2.84. The summed E-state index contributed by atoms with van der Waals surface area (Å²) < 4.78 is 5.27. The smallest absolute Gasteiger partial charge is 0.410 e. The van der Waals surface area contributed by atoms with E-state index >= 15 is 0 Å². The maximum atomic E-state index is 11.8. The summed E-state index contributed by atoms with van der Waals surface area (Å²) in [5.74, 6) is -0.0772. The van der Waals surface area contributed by atoms with E-state index in [2.05, 4.69) is 4.85 Å². The molecular weight excluding hydrogens is 232 g/mol. The van der Waals surface area contributed by atoms with E-state index < -0.39 is 5.60 Å². The van der Waals surface area contributed by atoms with Gasteiger partial charge in [-0.1, -0.05) is 0 Å². The fourth-order valence-electron chi connectivity index (χ4n) is 1.92. The Morgan fingerprint density at radius 2 is 1.89 bits per heavy atom. The number of ether oxygens (including phenoxy) is 1. The summed E-state index contributed by atoms with van der Waals surface area (Å²) in [4.78, 5) is 28.1. The van der Waals surface area contributed by atoms with Crippen LogP contribution in [0.15, 0.2) is 0 Å². The summed E-state index contributed by atoms with van der Waals surface area (Å²) >= 11 is 0. The van der Waals surface area contributed by atoms with Crippen LogP contribution < -0.4 is 0 Å². The van der Waals surface area contributed by atoms with Crippen LogP contribution in [0.4, 0.5) is 4.79 Å². The maximum absolute atomic E-state index is 11.8. The first-order valence-electron chi connectivity index (χ1n) is 6.17. The van der Waals surface area contributed by atoms with Gasteiger partial charge in [0.2, 0.25) is 5.78 Å². The van der Waals surface area contributed by atoms with Gasteiger partial charge in [-0.2, -0.15) is 0 Å². The van der Waals surface area contributed by atoms with Crippen LogP contribution in [0.2, 0.25) is 0 Å². The fraction of sp³-hybridized carbons (Fsp3) is 0.769. The molecule has 100 valence electrons. The second kappa shape index (κ2) is 5.85. The third-order valence-corrected chi connectivity index (χ3v) is 2.84. The minimum Gasteiger partial charge on any atom is -0.444 e. The molecule has 1 aliphatic heterocycles. The normalized spacial score (nSPS) is 17.1. The molecule has 1 aliphatic rings. The van der Waals surface area contributed by atoms with Gasteiger partial charge in [0.25, 0.3) is 6.54 Å². The molecule has 1 amide bonds. The van der Waals surface area contributed by atoms with Crippen LogP contribution in [-0.4, -0.2) is 42.0 Å². The quantitative estimate of drug-likeness (QED) is 0.707. The van der Waals surface area contributed by atoms with Crippen molar-refractivity contribution in [3.63, 3.8) is 0 Å². The van der Waals surface area contributed by atoms with E-state index in [-0.39, 0.29) is 24.3 Å². The first-order valence-corrected chi connectivity index (χ1v) is 6.17. The maximum Gasteiger partial charge on any atom is 0.410 e. The van der Waals surface area contributed by atoms with Crippen LogP contribution >= 0.6 is 0 Å². The van der Waals surface area contributed by atoms with Gasteiger partial charge in [0, 0.05) is 19.0 Å². The molecule has 0 bridgehead atoms. The summed E-state index contributed by atoms with van der Waals surface area (Å²) in [6.07, 6.45) is 0.944. The molecule has 1 fully saturated rings. The van der Waals surface area contributed by atoms with Crippen molar-refractivity contribution >= 4 is 11.9 Å². The lowest BCUT2D eigenvalue weighted by atomic mass is 9.93. The highest BCUT2D eigenvalue weighted by Gasteiger charge is 2.30. The predicted octanol–water partition coefficient (Wildman–Crippen LogP) is 2.12. The predicted molar refractivity (Wildman–Crippen MR) is 67.0 cm³/mol. The summed E-state index contributed by atoms with van der Waals surface area (Å²) in [5.41, 5.74) is -0.492. The van der Waals surface area contributed by atoms with Crippen LogP contribution in [0.25, 0.3) is 4.85 Å². The Labute approximate surface area is 108 Å². The molecule has 0 atom stereocenters. The Balaban J connectivity index is 2.42. The van der Waals surface area contributed by atoms with Crippen molar-refractivity contribution in [3.8, 4) is 0 Å². The van der Waals surface area contributed by atoms with E-state index in [9.17, 15) is 9.59 Å². The average molecular weight is 252 g/mol. The molecule has 0 aromatic carbocycles. The van der Waals surface area contributed by atoms with Gasteiger partial charge in [-0.05, 0) is 33.6 Å². The zero-order valence-electron chi connectivity index (χ0n) is 11.2. The molecule has 1 rings (SSSR count).